The average molecular weight is 455 g/mol. The van der Waals surface area contributed by atoms with Crippen LogP contribution in [0, 0.1) is 13.8 Å². The van der Waals surface area contributed by atoms with Crippen molar-refractivity contribution < 1.29 is 17.9 Å². The number of aromatic nitrogens is 2. The van der Waals surface area contributed by atoms with Crippen LogP contribution < -0.4 is 5.32 Å². The maximum atomic E-state index is 12.7. The van der Waals surface area contributed by atoms with Crippen LogP contribution in [0.25, 0.3) is 5.69 Å². The van der Waals surface area contributed by atoms with E-state index in [9.17, 15) is 13.2 Å². The van der Waals surface area contributed by atoms with Crippen molar-refractivity contribution in [1.29, 1.82) is 0 Å². The number of amides is 1. The first-order valence-electron chi connectivity index (χ1n) is 10.4. The van der Waals surface area contributed by atoms with Gasteiger partial charge in [-0.15, -0.1) is 0 Å². The first-order valence-corrected chi connectivity index (χ1v) is 11.9. The minimum atomic E-state index is -3.53. The molecule has 1 aliphatic rings. The van der Waals surface area contributed by atoms with Gasteiger partial charge in [0.25, 0.3) is 5.91 Å². The fraction of sp³-hybridized carbons (Fsp3) is 0.304. The van der Waals surface area contributed by atoms with Gasteiger partial charge in [-0.2, -0.15) is 9.40 Å². The third kappa shape index (κ3) is 4.59. The van der Waals surface area contributed by atoms with Crippen LogP contribution in [0.15, 0.2) is 59.6 Å². The molecular formula is C23H26N4O4S. The molecule has 1 fully saturated rings. The van der Waals surface area contributed by atoms with E-state index in [0.29, 0.717) is 31.9 Å². The maximum Gasteiger partial charge on any atom is 0.255 e. The Kier molecular flexibility index (Phi) is 6.40. The van der Waals surface area contributed by atoms with Crippen LogP contribution in [0.3, 0.4) is 0 Å². The van der Waals surface area contributed by atoms with Gasteiger partial charge in [-0.25, -0.2) is 13.1 Å². The largest absolute Gasteiger partial charge is 0.379 e. The monoisotopic (exact) mass is 454 g/mol. The van der Waals surface area contributed by atoms with Crippen LogP contribution in [0.2, 0.25) is 0 Å². The number of sulfonamides is 1. The number of morpholine rings is 1. The molecule has 0 unspecified atom stereocenters. The van der Waals surface area contributed by atoms with E-state index in [4.69, 9.17) is 4.74 Å². The second-order valence-electron chi connectivity index (χ2n) is 7.73. The number of rotatable bonds is 6. The van der Waals surface area contributed by atoms with Crippen molar-refractivity contribution in [3.63, 3.8) is 0 Å². The summed E-state index contributed by atoms with van der Waals surface area (Å²) >= 11 is 0. The van der Waals surface area contributed by atoms with Crippen LogP contribution in [-0.2, 0) is 21.3 Å². The number of carbonyl (C=O) groups is 1. The lowest BCUT2D eigenvalue weighted by molar-refractivity contribution is 0.0730. The van der Waals surface area contributed by atoms with E-state index in [1.54, 1.807) is 35.1 Å². The van der Waals surface area contributed by atoms with Gasteiger partial charge in [0.05, 0.1) is 41.3 Å². The summed E-state index contributed by atoms with van der Waals surface area (Å²) in [7, 11) is -3.53. The molecule has 2 aromatic carbocycles. The predicted octanol–water partition coefficient (Wildman–Crippen LogP) is 2.44. The Bertz CT molecular complexity index is 1200. The molecular weight excluding hydrogens is 428 g/mol. The molecule has 8 nitrogen and oxygen atoms in total. The van der Waals surface area contributed by atoms with Crippen molar-refractivity contribution in [2.75, 3.05) is 26.3 Å². The normalized spacial score (nSPS) is 14.9. The molecule has 0 radical (unpaired) electrons. The molecule has 1 saturated heterocycles. The van der Waals surface area contributed by atoms with E-state index < -0.39 is 10.0 Å². The minimum Gasteiger partial charge on any atom is -0.379 e. The SMILES string of the molecule is Cc1ccc(-n2ncc(C(=O)NCc3ccc(S(=O)(=O)N4CCOCC4)cc3)c2C)cc1. The quantitative estimate of drug-likeness (QED) is 0.618. The standard InChI is InChI=1S/C23H26N4O4S/c1-17-3-7-20(8-4-17)27-18(2)22(16-25-27)23(28)24-15-19-5-9-21(10-6-19)32(29,30)26-11-13-31-14-12-26/h3-10,16H,11-15H2,1-2H3,(H,24,28). The molecule has 0 saturated carbocycles. The first-order chi connectivity index (χ1) is 15.4. The Morgan fingerprint density at radius 3 is 2.34 bits per heavy atom. The van der Waals surface area contributed by atoms with E-state index >= 15 is 0 Å². The molecule has 1 amide bonds. The van der Waals surface area contributed by atoms with Crippen LogP contribution >= 0.6 is 0 Å². The first kappa shape index (κ1) is 22.2. The van der Waals surface area contributed by atoms with Crippen molar-refractivity contribution in [3.05, 3.63) is 77.1 Å². The van der Waals surface area contributed by atoms with Crippen LogP contribution in [0.4, 0.5) is 0 Å². The highest BCUT2D eigenvalue weighted by molar-refractivity contribution is 7.89. The fourth-order valence-electron chi connectivity index (χ4n) is 3.57. The van der Waals surface area contributed by atoms with Crippen LogP contribution in [0.5, 0.6) is 0 Å². The van der Waals surface area contributed by atoms with Crippen LogP contribution in [-0.4, -0.2) is 54.7 Å². The predicted molar refractivity (Wildman–Crippen MR) is 120 cm³/mol. The molecule has 1 aromatic heterocycles. The highest BCUT2D eigenvalue weighted by atomic mass is 32.2. The van der Waals surface area contributed by atoms with Gasteiger partial charge in [-0.1, -0.05) is 29.8 Å². The Labute approximate surface area is 187 Å². The minimum absolute atomic E-state index is 0.231. The van der Waals surface area contributed by atoms with Gasteiger partial charge < -0.3 is 10.1 Å². The lowest BCUT2D eigenvalue weighted by atomic mass is 10.2. The summed E-state index contributed by atoms with van der Waals surface area (Å²) in [5.74, 6) is -0.231. The van der Waals surface area contributed by atoms with E-state index in [2.05, 4.69) is 10.4 Å². The topological polar surface area (TPSA) is 93.5 Å². The molecule has 1 aliphatic heterocycles. The summed E-state index contributed by atoms with van der Waals surface area (Å²) in [6.07, 6.45) is 1.56. The third-order valence-electron chi connectivity index (χ3n) is 5.52. The van der Waals surface area contributed by atoms with Crippen LogP contribution in [0.1, 0.15) is 27.2 Å². The van der Waals surface area contributed by atoms with E-state index in [1.807, 2.05) is 38.1 Å². The molecule has 168 valence electrons. The molecule has 1 N–H and O–H groups in total. The number of nitrogens with one attached hydrogen (secondary N) is 1. The highest BCUT2D eigenvalue weighted by Crippen LogP contribution is 2.18. The van der Waals surface area contributed by atoms with Crippen molar-refractivity contribution in [3.8, 4) is 5.69 Å². The second kappa shape index (κ2) is 9.23. The summed E-state index contributed by atoms with van der Waals surface area (Å²) in [4.78, 5) is 12.9. The second-order valence-corrected chi connectivity index (χ2v) is 9.67. The average Bonchev–Trinajstić information content (AvgIpc) is 3.20. The van der Waals surface area contributed by atoms with E-state index in [0.717, 1.165) is 22.5 Å². The summed E-state index contributed by atoms with van der Waals surface area (Å²) in [6, 6.07) is 14.5. The zero-order valence-corrected chi connectivity index (χ0v) is 18.9. The number of aryl methyl sites for hydroxylation is 1. The molecule has 4 rings (SSSR count). The summed E-state index contributed by atoms with van der Waals surface area (Å²) in [6.45, 7) is 5.68. The van der Waals surface area contributed by atoms with E-state index in [1.165, 1.54) is 4.31 Å². The highest BCUT2D eigenvalue weighted by Gasteiger charge is 2.26. The Morgan fingerprint density at radius 2 is 1.69 bits per heavy atom. The lowest BCUT2D eigenvalue weighted by Gasteiger charge is -2.26. The molecule has 32 heavy (non-hydrogen) atoms. The van der Waals surface area contributed by atoms with E-state index in [-0.39, 0.29) is 17.3 Å². The summed E-state index contributed by atoms with van der Waals surface area (Å²) in [5, 5.41) is 7.23. The van der Waals surface area contributed by atoms with Gasteiger partial charge >= 0.3 is 0 Å². The lowest BCUT2D eigenvalue weighted by Crippen LogP contribution is -2.40. The number of hydrogen-bond donors (Lipinski definition) is 1. The Balaban J connectivity index is 1.41. The number of benzene rings is 2. The molecule has 0 atom stereocenters. The van der Waals surface area contributed by atoms with Gasteiger partial charge in [0.15, 0.2) is 0 Å². The van der Waals surface area contributed by atoms with Gasteiger partial charge in [0, 0.05) is 19.6 Å². The third-order valence-corrected chi connectivity index (χ3v) is 7.43. The molecule has 0 aliphatic carbocycles. The van der Waals surface area contributed by atoms with Crippen molar-refractivity contribution in [2.45, 2.75) is 25.3 Å². The Morgan fingerprint density at radius 1 is 1.03 bits per heavy atom. The molecule has 0 spiro atoms. The number of ether oxygens (including phenoxy) is 1. The van der Waals surface area contributed by atoms with Gasteiger partial charge in [-0.05, 0) is 43.7 Å². The number of nitrogens with zero attached hydrogens (tertiary/aromatic N) is 3. The van der Waals surface area contributed by atoms with Crippen molar-refractivity contribution in [1.82, 2.24) is 19.4 Å². The zero-order chi connectivity index (χ0) is 22.7. The Hall–Kier alpha value is -3.01. The summed E-state index contributed by atoms with van der Waals surface area (Å²) in [5.41, 5.74) is 4.10. The van der Waals surface area contributed by atoms with Crippen molar-refractivity contribution >= 4 is 15.9 Å². The summed E-state index contributed by atoms with van der Waals surface area (Å²) < 4.78 is 33.8. The molecule has 0 bridgehead atoms. The molecule has 2 heterocycles. The fourth-order valence-corrected chi connectivity index (χ4v) is 4.98. The maximum absolute atomic E-state index is 12.7. The van der Waals surface area contributed by atoms with Gasteiger partial charge in [-0.3, -0.25) is 4.79 Å². The van der Waals surface area contributed by atoms with Gasteiger partial charge in [0.1, 0.15) is 0 Å². The molecule has 9 heteroatoms. The number of carbonyl (C=O) groups excluding carboxylic acids is 1. The smallest absolute Gasteiger partial charge is 0.255 e. The zero-order valence-electron chi connectivity index (χ0n) is 18.1. The van der Waals surface area contributed by atoms with Gasteiger partial charge in [0.2, 0.25) is 10.0 Å². The number of hydrogen-bond acceptors (Lipinski definition) is 5. The van der Waals surface area contributed by atoms with Crippen molar-refractivity contribution in [2.24, 2.45) is 0 Å². The molecule has 3 aromatic rings.